The van der Waals surface area contributed by atoms with Gasteiger partial charge >= 0.3 is 0 Å². The number of rotatable bonds is 7. The molecule has 0 spiro atoms. The van der Waals surface area contributed by atoms with Crippen LogP contribution in [0.4, 0.5) is 0 Å². The monoisotopic (exact) mass is 550 g/mol. The molecule has 0 aromatic heterocycles. The van der Waals surface area contributed by atoms with Crippen molar-refractivity contribution in [1.29, 1.82) is 0 Å². The minimum Gasteiger partial charge on any atom is -0.494 e. The average Bonchev–Trinajstić information content (AvgIpc) is 2.81. The zero-order valence-corrected chi connectivity index (χ0v) is 21.7. The summed E-state index contributed by atoms with van der Waals surface area (Å²) in [5.41, 5.74) is 3.07. The number of carbonyl (C=O) groups is 1. The first kappa shape index (κ1) is 26.0. The molecule has 1 fully saturated rings. The number of guanidine groups is 1. The van der Waals surface area contributed by atoms with Gasteiger partial charge in [-0.1, -0.05) is 24.3 Å². The van der Waals surface area contributed by atoms with E-state index in [0.717, 1.165) is 55.3 Å². The van der Waals surface area contributed by atoms with Crippen molar-refractivity contribution in [1.82, 2.24) is 15.1 Å². The number of piperidine rings is 1. The molecule has 6 nitrogen and oxygen atoms in total. The highest BCUT2D eigenvalue weighted by Crippen LogP contribution is 2.15. The van der Waals surface area contributed by atoms with Crippen molar-refractivity contribution in [2.75, 3.05) is 33.8 Å². The number of ether oxygens (including phenoxy) is 1. The molecule has 0 atom stereocenters. The SMILES string of the molecule is CCOc1ccc(CN(C)C(=NC)NCc2ccc(C(=O)N3CCCCC3)cc2)cc1.I. The van der Waals surface area contributed by atoms with Crippen molar-refractivity contribution in [3.05, 3.63) is 65.2 Å². The predicted molar refractivity (Wildman–Crippen MR) is 141 cm³/mol. The Balaban J connectivity index is 0.00000363. The lowest BCUT2D eigenvalue weighted by molar-refractivity contribution is 0.0724. The minimum atomic E-state index is 0. The van der Waals surface area contributed by atoms with Crippen molar-refractivity contribution in [3.63, 3.8) is 0 Å². The second-order valence-corrected chi connectivity index (χ2v) is 7.88. The summed E-state index contributed by atoms with van der Waals surface area (Å²) in [6.45, 7) is 5.80. The zero-order valence-electron chi connectivity index (χ0n) is 19.3. The quantitative estimate of drug-likeness (QED) is 0.313. The van der Waals surface area contributed by atoms with E-state index >= 15 is 0 Å². The molecule has 174 valence electrons. The normalized spacial score (nSPS) is 13.8. The molecule has 1 heterocycles. The molecule has 0 bridgehead atoms. The number of nitrogens with zero attached hydrogens (tertiary/aromatic N) is 3. The highest BCUT2D eigenvalue weighted by molar-refractivity contribution is 14.0. The number of carbonyl (C=O) groups excluding carboxylic acids is 1. The molecule has 1 aliphatic heterocycles. The zero-order chi connectivity index (χ0) is 22.1. The fourth-order valence-electron chi connectivity index (χ4n) is 3.82. The summed E-state index contributed by atoms with van der Waals surface area (Å²) in [4.78, 5) is 21.1. The van der Waals surface area contributed by atoms with Crippen LogP contribution in [0.1, 0.15) is 47.7 Å². The molecule has 3 rings (SSSR count). The Kier molecular flexibility index (Phi) is 10.8. The van der Waals surface area contributed by atoms with E-state index in [0.29, 0.717) is 13.2 Å². The van der Waals surface area contributed by atoms with Gasteiger partial charge in [0.25, 0.3) is 5.91 Å². The van der Waals surface area contributed by atoms with Gasteiger partial charge in [-0.15, -0.1) is 24.0 Å². The Morgan fingerprint density at radius 3 is 2.25 bits per heavy atom. The molecular weight excluding hydrogens is 515 g/mol. The number of halogens is 1. The fourth-order valence-corrected chi connectivity index (χ4v) is 3.82. The summed E-state index contributed by atoms with van der Waals surface area (Å²) in [7, 11) is 3.81. The van der Waals surface area contributed by atoms with Crippen LogP contribution in [0.2, 0.25) is 0 Å². The minimum absolute atomic E-state index is 0. The number of benzene rings is 2. The maximum Gasteiger partial charge on any atom is 0.253 e. The van der Waals surface area contributed by atoms with Crippen molar-refractivity contribution in [2.45, 2.75) is 39.3 Å². The molecule has 0 radical (unpaired) electrons. The van der Waals surface area contributed by atoms with Gasteiger partial charge in [-0.3, -0.25) is 9.79 Å². The van der Waals surface area contributed by atoms with Crippen LogP contribution in [-0.2, 0) is 13.1 Å². The first-order chi connectivity index (χ1) is 15.1. The summed E-state index contributed by atoms with van der Waals surface area (Å²) in [5, 5.41) is 3.41. The van der Waals surface area contributed by atoms with Gasteiger partial charge in [0.2, 0.25) is 0 Å². The number of aliphatic imine (C=N–C) groups is 1. The predicted octanol–water partition coefficient (Wildman–Crippen LogP) is 4.54. The van der Waals surface area contributed by atoms with E-state index in [-0.39, 0.29) is 29.9 Å². The molecule has 7 heteroatoms. The Labute approximate surface area is 209 Å². The first-order valence-electron chi connectivity index (χ1n) is 11.1. The number of likely N-dealkylation sites (tertiary alicyclic amines) is 1. The van der Waals surface area contributed by atoms with Gasteiger partial charge in [0.15, 0.2) is 5.96 Å². The number of hydrogen-bond donors (Lipinski definition) is 1. The average molecular weight is 550 g/mol. The first-order valence-corrected chi connectivity index (χ1v) is 11.1. The number of hydrogen-bond acceptors (Lipinski definition) is 3. The highest BCUT2D eigenvalue weighted by atomic mass is 127. The van der Waals surface area contributed by atoms with E-state index in [9.17, 15) is 4.79 Å². The molecule has 1 amide bonds. The lowest BCUT2D eigenvalue weighted by atomic mass is 10.1. The van der Waals surface area contributed by atoms with Gasteiger partial charge in [0, 0.05) is 45.8 Å². The van der Waals surface area contributed by atoms with E-state index in [4.69, 9.17) is 4.74 Å². The second kappa shape index (κ2) is 13.3. The Bertz CT molecular complexity index is 863. The van der Waals surface area contributed by atoms with E-state index in [1.54, 1.807) is 7.05 Å². The van der Waals surface area contributed by atoms with E-state index in [1.165, 1.54) is 12.0 Å². The molecule has 0 saturated carbocycles. The van der Waals surface area contributed by atoms with Gasteiger partial charge in [0.05, 0.1) is 6.61 Å². The maximum atomic E-state index is 12.6. The second-order valence-electron chi connectivity index (χ2n) is 7.88. The van der Waals surface area contributed by atoms with Crippen LogP contribution < -0.4 is 10.1 Å². The third kappa shape index (κ3) is 7.39. The molecule has 0 unspecified atom stereocenters. The van der Waals surface area contributed by atoms with E-state index < -0.39 is 0 Å². The molecule has 1 N–H and O–H groups in total. The lowest BCUT2D eigenvalue weighted by Gasteiger charge is -2.26. The molecule has 32 heavy (non-hydrogen) atoms. The standard InChI is InChI=1S/C25H34N4O2.HI/c1-4-31-23-14-10-21(11-15-23)19-28(3)25(26-2)27-18-20-8-12-22(13-9-20)24(30)29-16-6-5-7-17-29;/h8-15H,4-7,16-19H2,1-3H3,(H,26,27);1H. The van der Waals surface area contributed by atoms with Crippen LogP contribution in [-0.4, -0.2) is 55.5 Å². The Morgan fingerprint density at radius 2 is 1.66 bits per heavy atom. The van der Waals surface area contributed by atoms with Crippen LogP contribution in [0.15, 0.2) is 53.5 Å². The number of amides is 1. The molecule has 2 aromatic carbocycles. The molecule has 1 saturated heterocycles. The van der Waals surface area contributed by atoms with Crippen molar-refractivity contribution in [3.8, 4) is 5.75 Å². The third-order valence-corrected chi connectivity index (χ3v) is 5.52. The number of nitrogens with one attached hydrogen (secondary N) is 1. The van der Waals surface area contributed by atoms with E-state index in [1.807, 2.05) is 55.3 Å². The molecular formula is C25H35IN4O2. The van der Waals surface area contributed by atoms with Crippen LogP contribution in [0.25, 0.3) is 0 Å². The summed E-state index contributed by atoms with van der Waals surface area (Å²) in [6.07, 6.45) is 3.44. The molecule has 0 aliphatic carbocycles. The summed E-state index contributed by atoms with van der Waals surface area (Å²) < 4.78 is 5.51. The largest absolute Gasteiger partial charge is 0.494 e. The van der Waals surface area contributed by atoms with Gasteiger partial charge in [-0.05, 0) is 61.6 Å². The van der Waals surface area contributed by atoms with Gasteiger partial charge in [-0.2, -0.15) is 0 Å². The van der Waals surface area contributed by atoms with Gasteiger partial charge in [-0.25, -0.2) is 0 Å². The fraction of sp³-hybridized carbons (Fsp3) is 0.440. The highest BCUT2D eigenvalue weighted by Gasteiger charge is 2.17. The van der Waals surface area contributed by atoms with Crippen LogP contribution in [0.3, 0.4) is 0 Å². The topological polar surface area (TPSA) is 57.2 Å². The van der Waals surface area contributed by atoms with Crippen molar-refractivity contribution >= 4 is 35.8 Å². The lowest BCUT2D eigenvalue weighted by Crippen LogP contribution is -2.38. The van der Waals surface area contributed by atoms with E-state index in [2.05, 4.69) is 27.3 Å². The van der Waals surface area contributed by atoms with Crippen molar-refractivity contribution in [2.24, 2.45) is 4.99 Å². The van der Waals surface area contributed by atoms with Gasteiger partial charge in [0.1, 0.15) is 5.75 Å². The van der Waals surface area contributed by atoms with Crippen LogP contribution >= 0.6 is 24.0 Å². The Hall–Kier alpha value is -2.29. The molecule has 2 aromatic rings. The third-order valence-electron chi connectivity index (χ3n) is 5.52. The van der Waals surface area contributed by atoms with Crippen LogP contribution in [0.5, 0.6) is 5.75 Å². The van der Waals surface area contributed by atoms with Gasteiger partial charge < -0.3 is 19.9 Å². The summed E-state index contributed by atoms with van der Waals surface area (Å²) >= 11 is 0. The maximum absolute atomic E-state index is 12.6. The van der Waals surface area contributed by atoms with Crippen LogP contribution in [0, 0.1) is 0 Å². The smallest absolute Gasteiger partial charge is 0.253 e. The summed E-state index contributed by atoms with van der Waals surface area (Å²) in [6, 6.07) is 16.0. The van der Waals surface area contributed by atoms with Crippen molar-refractivity contribution < 1.29 is 9.53 Å². The Morgan fingerprint density at radius 1 is 1.03 bits per heavy atom. The summed E-state index contributed by atoms with van der Waals surface area (Å²) in [5.74, 6) is 1.85. The molecule has 1 aliphatic rings.